The Hall–Kier alpha value is -3.06. The van der Waals surface area contributed by atoms with E-state index in [4.69, 9.17) is 39.5 Å². The van der Waals surface area contributed by atoms with Crippen molar-refractivity contribution in [3.05, 3.63) is 98.5 Å². The Bertz CT molecular complexity index is 1230. The van der Waals surface area contributed by atoms with E-state index in [1.807, 2.05) is 12.1 Å². The predicted octanol–water partition coefficient (Wildman–Crippen LogP) is 4.67. The standard InChI is InChI=1S/C24H18Cl3N3O3/c1-33-19-10-5-15(6-11-19)23(31)28-21-22(14-2-7-17(25)8-3-14)30(29-24(21)32)13-16-4-9-18(26)12-20(16)27/h2-13,21-22H,1H3,(H-,28,29,31,32)/p+1/b30-13-/t21-,22+/m0/s1. The molecule has 2 atom stereocenters. The van der Waals surface area contributed by atoms with E-state index in [1.54, 1.807) is 72.6 Å². The second kappa shape index (κ2) is 9.83. The summed E-state index contributed by atoms with van der Waals surface area (Å²) in [4.78, 5) is 25.9. The minimum atomic E-state index is -0.872. The summed E-state index contributed by atoms with van der Waals surface area (Å²) in [6.07, 6.45) is 1.70. The maximum Gasteiger partial charge on any atom is 0.304 e. The van der Waals surface area contributed by atoms with E-state index in [-0.39, 0.29) is 11.8 Å². The van der Waals surface area contributed by atoms with Crippen molar-refractivity contribution in [1.29, 1.82) is 0 Å². The first-order valence-corrected chi connectivity index (χ1v) is 11.1. The first kappa shape index (κ1) is 23.1. The first-order chi connectivity index (χ1) is 15.9. The van der Waals surface area contributed by atoms with Crippen molar-refractivity contribution in [1.82, 2.24) is 10.7 Å². The lowest BCUT2D eigenvalue weighted by Gasteiger charge is -2.15. The lowest BCUT2D eigenvalue weighted by atomic mass is 9.99. The molecule has 4 rings (SSSR count). The molecule has 0 spiro atoms. The molecule has 33 heavy (non-hydrogen) atoms. The molecule has 0 unspecified atom stereocenters. The Morgan fingerprint density at radius 2 is 1.67 bits per heavy atom. The molecule has 1 heterocycles. The smallest absolute Gasteiger partial charge is 0.304 e. The molecule has 9 heteroatoms. The summed E-state index contributed by atoms with van der Waals surface area (Å²) >= 11 is 18.4. The second-order valence-corrected chi connectivity index (χ2v) is 8.63. The minimum Gasteiger partial charge on any atom is -0.497 e. The molecule has 6 nitrogen and oxygen atoms in total. The molecule has 1 aliphatic rings. The zero-order chi connectivity index (χ0) is 23.5. The molecule has 0 aromatic heterocycles. The first-order valence-electron chi connectivity index (χ1n) is 9.95. The molecule has 0 aliphatic carbocycles. The van der Waals surface area contributed by atoms with Gasteiger partial charge in [0, 0.05) is 21.2 Å². The summed E-state index contributed by atoms with van der Waals surface area (Å²) in [6.45, 7) is 0. The van der Waals surface area contributed by atoms with Crippen LogP contribution in [0.15, 0.2) is 66.7 Å². The molecular formula is C24H19Cl3N3O3+. The van der Waals surface area contributed by atoms with Crippen LogP contribution in [0.5, 0.6) is 5.75 Å². The van der Waals surface area contributed by atoms with Crippen molar-refractivity contribution in [3.63, 3.8) is 0 Å². The van der Waals surface area contributed by atoms with E-state index in [9.17, 15) is 9.59 Å². The molecule has 1 aliphatic heterocycles. The topological polar surface area (TPSA) is 70.4 Å². The monoisotopic (exact) mass is 502 g/mol. The Morgan fingerprint density at radius 3 is 2.30 bits per heavy atom. The van der Waals surface area contributed by atoms with Crippen LogP contribution >= 0.6 is 34.8 Å². The summed E-state index contributed by atoms with van der Waals surface area (Å²) in [5.41, 5.74) is 4.65. The highest BCUT2D eigenvalue weighted by Gasteiger charge is 2.47. The molecule has 3 aromatic rings. The Labute approximate surface area is 205 Å². The number of amides is 2. The van der Waals surface area contributed by atoms with Crippen LogP contribution in [0.25, 0.3) is 0 Å². The van der Waals surface area contributed by atoms with Gasteiger partial charge in [0.1, 0.15) is 5.75 Å². The molecule has 2 N–H and O–H groups in total. The van der Waals surface area contributed by atoms with Gasteiger partial charge >= 0.3 is 5.91 Å². The Balaban J connectivity index is 1.70. The number of carbonyl (C=O) groups excluding carboxylic acids is 2. The molecule has 2 amide bonds. The summed E-state index contributed by atoms with van der Waals surface area (Å²) in [6, 6.07) is 17.4. The lowest BCUT2D eigenvalue weighted by Crippen LogP contribution is -2.42. The number of benzene rings is 3. The molecular weight excluding hydrogens is 485 g/mol. The van der Waals surface area contributed by atoms with Gasteiger partial charge in [0.2, 0.25) is 12.3 Å². The zero-order valence-corrected chi connectivity index (χ0v) is 19.7. The number of nitrogens with zero attached hydrogens (tertiary/aromatic N) is 1. The normalized spacial score (nSPS) is 18.8. The highest BCUT2D eigenvalue weighted by molar-refractivity contribution is 6.36. The van der Waals surface area contributed by atoms with Crippen LogP contribution < -0.4 is 15.5 Å². The van der Waals surface area contributed by atoms with Crippen LogP contribution in [0.4, 0.5) is 0 Å². The van der Waals surface area contributed by atoms with Crippen molar-refractivity contribution in [2.75, 3.05) is 7.11 Å². The number of hydrogen-bond donors (Lipinski definition) is 2. The van der Waals surface area contributed by atoms with E-state index >= 15 is 0 Å². The van der Waals surface area contributed by atoms with Gasteiger partial charge in [-0.25, -0.2) is 0 Å². The number of hydrazine groups is 1. The number of hydrogen-bond acceptors (Lipinski definition) is 3. The van der Waals surface area contributed by atoms with Gasteiger partial charge in [0.15, 0.2) is 6.04 Å². The predicted molar refractivity (Wildman–Crippen MR) is 128 cm³/mol. The number of hydrazone groups is 1. The molecule has 1 saturated heterocycles. The summed E-state index contributed by atoms with van der Waals surface area (Å²) in [5, 5.41) is 4.34. The number of rotatable bonds is 5. The van der Waals surface area contributed by atoms with Gasteiger partial charge < -0.3 is 10.1 Å². The summed E-state index contributed by atoms with van der Waals surface area (Å²) in [5.74, 6) is -0.119. The molecule has 168 valence electrons. The van der Waals surface area contributed by atoms with E-state index in [1.165, 1.54) is 0 Å². The maximum absolute atomic E-state index is 12.9. The number of carbonyl (C=O) groups is 2. The van der Waals surface area contributed by atoms with Gasteiger partial charge in [0.25, 0.3) is 5.91 Å². The average molecular weight is 504 g/mol. The molecule has 0 saturated carbocycles. The Morgan fingerprint density at radius 1 is 1.00 bits per heavy atom. The number of nitrogens with one attached hydrogen (secondary N) is 2. The van der Waals surface area contributed by atoms with Gasteiger partial charge in [-0.3, -0.25) is 9.59 Å². The largest absolute Gasteiger partial charge is 0.497 e. The average Bonchev–Trinajstić information content (AvgIpc) is 3.10. The van der Waals surface area contributed by atoms with Crippen molar-refractivity contribution in [2.24, 2.45) is 0 Å². The third kappa shape index (κ3) is 5.14. The van der Waals surface area contributed by atoms with Gasteiger partial charge in [-0.1, -0.05) is 46.9 Å². The van der Waals surface area contributed by atoms with Crippen molar-refractivity contribution in [2.45, 2.75) is 12.1 Å². The fraction of sp³-hybridized carbons (Fsp3) is 0.125. The molecule has 1 fully saturated rings. The summed E-state index contributed by atoms with van der Waals surface area (Å²) in [7, 11) is 1.55. The van der Waals surface area contributed by atoms with Crippen LogP contribution in [0.2, 0.25) is 15.1 Å². The highest BCUT2D eigenvalue weighted by Crippen LogP contribution is 2.28. The number of methoxy groups -OCH3 is 1. The van der Waals surface area contributed by atoms with Gasteiger partial charge in [0.05, 0.1) is 17.7 Å². The number of halogens is 3. The van der Waals surface area contributed by atoms with Crippen molar-refractivity contribution in [3.8, 4) is 5.75 Å². The molecule has 0 radical (unpaired) electrons. The van der Waals surface area contributed by atoms with Crippen molar-refractivity contribution < 1.29 is 19.0 Å². The SMILES string of the molecule is COc1ccc(C(=O)N[C@@H]2C(=O)N/[N+](=C\c3ccc(Cl)cc3Cl)[C@@H]2c2ccc(Cl)cc2)cc1. The molecule has 3 aromatic carbocycles. The van der Waals surface area contributed by atoms with Crippen LogP contribution in [0.3, 0.4) is 0 Å². The van der Waals surface area contributed by atoms with Crippen molar-refractivity contribution >= 4 is 52.8 Å². The Kier molecular flexibility index (Phi) is 6.88. The van der Waals surface area contributed by atoms with E-state index in [0.29, 0.717) is 31.9 Å². The van der Waals surface area contributed by atoms with Crippen LogP contribution in [-0.4, -0.2) is 35.9 Å². The number of ether oxygens (including phenoxy) is 1. The van der Waals surface area contributed by atoms with Gasteiger partial charge in [-0.15, -0.1) is 10.1 Å². The third-order valence-electron chi connectivity index (χ3n) is 5.23. The van der Waals surface area contributed by atoms with E-state index in [2.05, 4.69) is 10.7 Å². The summed E-state index contributed by atoms with van der Waals surface area (Å²) < 4.78 is 6.76. The second-order valence-electron chi connectivity index (χ2n) is 7.35. The maximum atomic E-state index is 12.9. The third-order valence-corrected chi connectivity index (χ3v) is 6.04. The zero-order valence-electron chi connectivity index (χ0n) is 17.4. The highest BCUT2D eigenvalue weighted by atomic mass is 35.5. The van der Waals surface area contributed by atoms with Gasteiger partial charge in [-0.05, 0) is 54.6 Å². The van der Waals surface area contributed by atoms with E-state index < -0.39 is 12.1 Å². The fourth-order valence-electron chi connectivity index (χ4n) is 3.56. The van der Waals surface area contributed by atoms with Crippen LogP contribution in [-0.2, 0) is 4.79 Å². The minimum absolute atomic E-state index is 0.363. The lowest BCUT2D eigenvalue weighted by molar-refractivity contribution is -0.596. The quantitative estimate of drug-likeness (QED) is 0.497. The molecule has 0 bridgehead atoms. The van der Waals surface area contributed by atoms with E-state index in [0.717, 1.165) is 5.56 Å². The van der Waals surface area contributed by atoms with Crippen LogP contribution in [0.1, 0.15) is 27.5 Å². The fourth-order valence-corrected chi connectivity index (χ4v) is 4.15. The van der Waals surface area contributed by atoms with Crippen LogP contribution in [0, 0.1) is 0 Å². The van der Waals surface area contributed by atoms with Gasteiger partial charge in [-0.2, -0.15) is 0 Å².